The number of halogens is 1. The van der Waals surface area contributed by atoms with Gasteiger partial charge in [-0.25, -0.2) is 0 Å². The Morgan fingerprint density at radius 1 is 1.05 bits per heavy atom. The van der Waals surface area contributed by atoms with Crippen LogP contribution >= 0.6 is 15.9 Å². The first-order valence-electron chi connectivity index (χ1n) is 6.23. The Balaban J connectivity index is 2.27. The second kappa shape index (κ2) is 5.66. The molecule has 2 aromatic rings. The van der Waals surface area contributed by atoms with Gasteiger partial charge >= 0.3 is 0 Å². The Hall–Kier alpha value is -1.48. The molecule has 0 aromatic heterocycles. The summed E-state index contributed by atoms with van der Waals surface area (Å²) in [5.74, 6) is 0.954. The average Bonchev–Trinajstić information content (AvgIpc) is 2.37. The molecule has 2 nitrogen and oxygen atoms in total. The number of nitrogens with two attached hydrogens (primary N) is 1. The van der Waals surface area contributed by atoms with Crippen LogP contribution in [0.3, 0.4) is 0 Å². The molecular weight excluding hydrogens is 302 g/mol. The largest absolute Gasteiger partial charge is 0.488 e. The summed E-state index contributed by atoms with van der Waals surface area (Å²) in [6, 6.07) is 9.99. The highest BCUT2D eigenvalue weighted by Crippen LogP contribution is 2.29. The van der Waals surface area contributed by atoms with Crippen molar-refractivity contribution >= 4 is 21.6 Å². The Kier molecular flexibility index (Phi) is 4.15. The Labute approximate surface area is 122 Å². The lowest BCUT2D eigenvalue weighted by molar-refractivity contribution is 0.301. The molecule has 2 aromatic carbocycles. The smallest absolute Gasteiger partial charge is 0.125 e. The maximum atomic E-state index is 5.99. The third-order valence-electron chi connectivity index (χ3n) is 3.39. The Morgan fingerprint density at radius 3 is 2.42 bits per heavy atom. The maximum Gasteiger partial charge on any atom is 0.125 e. The van der Waals surface area contributed by atoms with Gasteiger partial charge in [0.1, 0.15) is 12.4 Å². The van der Waals surface area contributed by atoms with Gasteiger partial charge in [-0.05, 0) is 49.6 Å². The van der Waals surface area contributed by atoms with Crippen LogP contribution in [0.4, 0.5) is 5.69 Å². The monoisotopic (exact) mass is 319 g/mol. The van der Waals surface area contributed by atoms with Gasteiger partial charge in [0.25, 0.3) is 0 Å². The number of anilines is 1. The van der Waals surface area contributed by atoms with Gasteiger partial charge in [0.2, 0.25) is 0 Å². The zero-order valence-electron chi connectivity index (χ0n) is 11.5. The first-order chi connectivity index (χ1) is 9.00. The van der Waals surface area contributed by atoms with E-state index in [9.17, 15) is 0 Å². The molecule has 0 radical (unpaired) electrons. The topological polar surface area (TPSA) is 35.2 Å². The summed E-state index contributed by atoms with van der Waals surface area (Å²) in [6.45, 7) is 6.71. The zero-order chi connectivity index (χ0) is 14.0. The molecule has 0 aliphatic heterocycles. The van der Waals surface area contributed by atoms with Crippen LogP contribution in [-0.4, -0.2) is 0 Å². The van der Waals surface area contributed by atoms with E-state index in [1.165, 1.54) is 11.1 Å². The molecule has 0 fully saturated rings. The highest BCUT2D eigenvalue weighted by Gasteiger charge is 2.09. The van der Waals surface area contributed by atoms with Crippen molar-refractivity contribution in [3.63, 3.8) is 0 Å². The van der Waals surface area contributed by atoms with Gasteiger partial charge in [-0.2, -0.15) is 0 Å². The summed E-state index contributed by atoms with van der Waals surface area (Å²) in [5, 5.41) is 0. The number of ether oxygens (including phenoxy) is 1. The van der Waals surface area contributed by atoms with E-state index >= 15 is 0 Å². The first-order valence-corrected chi connectivity index (χ1v) is 7.02. The normalized spacial score (nSPS) is 10.5. The van der Waals surface area contributed by atoms with Crippen molar-refractivity contribution in [2.24, 2.45) is 0 Å². The fourth-order valence-electron chi connectivity index (χ4n) is 2.02. The zero-order valence-corrected chi connectivity index (χ0v) is 13.0. The second-order valence-corrected chi connectivity index (χ2v) is 5.60. The van der Waals surface area contributed by atoms with Gasteiger partial charge in [0.05, 0.1) is 0 Å². The number of nitrogen functional groups attached to an aromatic ring is 1. The summed E-state index contributed by atoms with van der Waals surface area (Å²) in [7, 11) is 0. The van der Waals surface area contributed by atoms with Gasteiger partial charge < -0.3 is 10.5 Å². The van der Waals surface area contributed by atoms with Gasteiger partial charge in [0, 0.05) is 15.7 Å². The van der Waals surface area contributed by atoms with E-state index in [1.54, 1.807) is 0 Å². The highest BCUT2D eigenvalue weighted by molar-refractivity contribution is 9.10. The summed E-state index contributed by atoms with van der Waals surface area (Å²) >= 11 is 3.51. The molecule has 0 amide bonds. The van der Waals surface area contributed by atoms with E-state index < -0.39 is 0 Å². The first kappa shape index (κ1) is 13.9. The molecule has 0 saturated carbocycles. The molecule has 3 heteroatoms. The standard InChI is InChI=1S/C16H18BrNO/c1-10-7-8-11(2)16(12(10)3)19-9-13-14(17)5-4-6-15(13)18/h4-8H,9,18H2,1-3H3. The van der Waals surface area contributed by atoms with Gasteiger partial charge in [0.15, 0.2) is 0 Å². The molecule has 19 heavy (non-hydrogen) atoms. The lowest BCUT2D eigenvalue weighted by Gasteiger charge is -2.15. The third-order valence-corrected chi connectivity index (χ3v) is 4.13. The lowest BCUT2D eigenvalue weighted by atomic mass is 10.1. The second-order valence-electron chi connectivity index (χ2n) is 4.75. The quantitative estimate of drug-likeness (QED) is 0.843. The molecular formula is C16H18BrNO. The van der Waals surface area contributed by atoms with Crippen molar-refractivity contribution in [3.8, 4) is 5.75 Å². The summed E-state index contributed by atoms with van der Waals surface area (Å²) in [4.78, 5) is 0. The van der Waals surface area contributed by atoms with E-state index in [4.69, 9.17) is 10.5 Å². The number of hydrogen-bond acceptors (Lipinski definition) is 2. The summed E-state index contributed by atoms with van der Waals surface area (Å²) < 4.78 is 6.97. The fraction of sp³-hybridized carbons (Fsp3) is 0.250. The number of rotatable bonds is 3. The van der Waals surface area contributed by atoms with E-state index in [2.05, 4.69) is 48.8 Å². The highest BCUT2D eigenvalue weighted by atomic mass is 79.9. The molecule has 0 atom stereocenters. The van der Waals surface area contributed by atoms with E-state index in [0.717, 1.165) is 27.0 Å². The lowest BCUT2D eigenvalue weighted by Crippen LogP contribution is -2.03. The average molecular weight is 320 g/mol. The number of aryl methyl sites for hydroxylation is 2. The van der Waals surface area contributed by atoms with Crippen molar-refractivity contribution in [1.82, 2.24) is 0 Å². The molecule has 0 aliphatic carbocycles. The van der Waals surface area contributed by atoms with E-state index in [0.29, 0.717) is 6.61 Å². The van der Waals surface area contributed by atoms with Crippen LogP contribution in [0.5, 0.6) is 5.75 Å². The van der Waals surface area contributed by atoms with Crippen LogP contribution in [0.1, 0.15) is 22.3 Å². The van der Waals surface area contributed by atoms with Crippen molar-refractivity contribution in [1.29, 1.82) is 0 Å². The molecule has 0 spiro atoms. The SMILES string of the molecule is Cc1ccc(C)c(OCc2c(N)cccc2Br)c1C. The van der Waals surface area contributed by atoms with Gasteiger partial charge in [-0.15, -0.1) is 0 Å². The van der Waals surface area contributed by atoms with Crippen molar-refractivity contribution in [3.05, 3.63) is 57.1 Å². The molecule has 2 N–H and O–H groups in total. The molecule has 100 valence electrons. The number of benzene rings is 2. The predicted octanol–water partition coefficient (Wildman–Crippen LogP) is 4.54. The van der Waals surface area contributed by atoms with Crippen LogP contribution < -0.4 is 10.5 Å². The minimum absolute atomic E-state index is 0.471. The molecule has 2 rings (SSSR count). The van der Waals surface area contributed by atoms with Crippen molar-refractivity contribution < 1.29 is 4.74 Å². The van der Waals surface area contributed by atoms with Crippen molar-refractivity contribution in [2.75, 3.05) is 5.73 Å². The Morgan fingerprint density at radius 2 is 1.74 bits per heavy atom. The summed E-state index contributed by atoms with van der Waals surface area (Å²) in [6.07, 6.45) is 0. The third kappa shape index (κ3) is 2.92. The van der Waals surface area contributed by atoms with E-state index in [-0.39, 0.29) is 0 Å². The van der Waals surface area contributed by atoms with Crippen LogP contribution in [0, 0.1) is 20.8 Å². The van der Waals surface area contributed by atoms with Gasteiger partial charge in [-0.1, -0.05) is 34.1 Å². The van der Waals surface area contributed by atoms with Crippen LogP contribution in [0.15, 0.2) is 34.8 Å². The van der Waals surface area contributed by atoms with Crippen LogP contribution in [0.25, 0.3) is 0 Å². The molecule has 0 heterocycles. The fourth-order valence-corrected chi connectivity index (χ4v) is 2.52. The molecule has 0 saturated heterocycles. The summed E-state index contributed by atoms with van der Waals surface area (Å²) in [5.41, 5.74) is 11.3. The molecule has 0 aliphatic rings. The predicted molar refractivity (Wildman–Crippen MR) is 83.5 cm³/mol. The molecule has 0 bridgehead atoms. The van der Waals surface area contributed by atoms with E-state index in [1.807, 2.05) is 18.2 Å². The minimum atomic E-state index is 0.471. The Bertz CT molecular complexity index is 588. The maximum absolute atomic E-state index is 5.99. The van der Waals surface area contributed by atoms with Crippen LogP contribution in [-0.2, 0) is 6.61 Å². The van der Waals surface area contributed by atoms with Gasteiger partial charge in [-0.3, -0.25) is 0 Å². The van der Waals surface area contributed by atoms with Crippen LogP contribution in [0.2, 0.25) is 0 Å². The van der Waals surface area contributed by atoms with Crippen molar-refractivity contribution in [2.45, 2.75) is 27.4 Å². The minimum Gasteiger partial charge on any atom is -0.488 e. The molecule has 0 unspecified atom stereocenters. The number of hydrogen-bond donors (Lipinski definition) is 1.